The van der Waals surface area contributed by atoms with Gasteiger partial charge in [-0.1, -0.05) is 6.07 Å². The molecule has 6 heteroatoms. The molecular weight excluding hydrogens is 236 g/mol. The number of primary amides is 1. The number of nitrogens with two attached hydrogens (primary N) is 1. The number of benzene rings is 1. The molecule has 86 valence electrons. The number of amides is 1. The summed E-state index contributed by atoms with van der Waals surface area (Å²) in [6, 6.07) is 6.75. The minimum Gasteiger partial charge on any atom is -0.368 e. The highest BCUT2D eigenvalue weighted by atomic mass is 32.1. The number of para-hydroxylation sites is 1. The molecule has 1 amide bonds. The summed E-state index contributed by atoms with van der Waals surface area (Å²) >= 11 is 5.15. The van der Waals surface area contributed by atoms with E-state index < -0.39 is 11.9 Å². The number of carbonyl (C=O) groups is 1. The van der Waals surface area contributed by atoms with Crippen LogP contribution in [0.25, 0.3) is 11.0 Å². The molecule has 0 saturated carbocycles. The molecule has 0 aliphatic heterocycles. The smallest absolute Gasteiger partial charge is 0.240 e. The highest BCUT2D eigenvalue weighted by Crippen LogP contribution is 2.21. The lowest BCUT2D eigenvalue weighted by molar-refractivity contribution is -0.120. The summed E-state index contributed by atoms with van der Waals surface area (Å²) in [7, 11) is 0. The number of nitrogens with zero attached hydrogens (tertiary/aromatic N) is 2. The van der Waals surface area contributed by atoms with Crippen LogP contribution in [0.1, 0.15) is 18.5 Å². The van der Waals surface area contributed by atoms with Crippen LogP contribution in [-0.2, 0) is 4.79 Å². The number of imidazole rings is 1. The summed E-state index contributed by atoms with van der Waals surface area (Å²) in [4.78, 5) is 14.2. The zero-order valence-electron chi connectivity index (χ0n) is 9.10. The standard InChI is InChI=1S/C11H10N4OS/c1-6(10(13)16)15-8-4-2-3-7(5-12)9(8)14-11(15)17/h2-4,6H,1H3,(H2,13,16)(H,14,17). The Balaban J connectivity index is 2.83. The van der Waals surface area contributed by atoms with Gasteiger partial charge in [0, 0.05) is 0 Å². The lowest BCUT2D eigenvalue weighted by Crippen LogP contribution is -2.23. The zero-order valence-corrected chi connectivity index (χ0v) is 9.91. The number of aromatic nitrogens is 2. The van der Waals surface area contributed by atoms with Gasteiger partial charge in [-0.25, -0.2) is 0 Å². The van der Waals surface area contributed by atoms with Crippen LogP contribution in [0.4, 0.5) is 0 Å². The van der Waals surface area contributed by atoms with Crippen LogP contribution in [0.3, 0.4) is 0 Å². The second-order valence-corrected chi connectivity index (χ2v) is 4.08. The molecule has 5 nitrogen and oxygen atoms in total. The van der Waals surface area contributed by atoms with Crippen molar-refractivity contribution in [2.24, 2.45) is 5.73 Å². The van der Waals surface area contributed by atoms with Crippen LogP contribution in [-0.4, -0.2) is 15.5 Å². The van der Waals surface area contributed by atoms with E-state index in [-0.39, 0.29) is 0 Å². The summed E-state index contributed by atoms with van der Waals surface area (Å²) in [5.74, 6) is -0.468. The monoisotopic (exact) mass is 246 g/mol. The minimum atomic E-state index is -0.551. The molecular formula is C11H10N4OS. The van der Waals surface area contributed by atoms with Crippen LogP contribution in [0.5, 0.6) is 0 Å². The van der Waals surface area contributed by atoms with Crippen molar-refractivity contribution in [1.29, 1.82) is 5.26 Å². The maximum atomic E-state index is 11.2. The number of fused-ring (bicyclic) bond motifs is 1. The lowest BCUT2D eigenvalue weighted by Gasteiger charge is -2.10. The van der Waals surface area contributed by atoms with Crippen molar-refractivity contribution in [3.63, 3.8) is 0 Å². The van der Waals surface area contributed by atoms with Gasteiger partial charge in [0.05, 0.1) is 16.6 Å². The molecule has 0 saturated heterocycles. The lowest BCUT2D eigenvalue weighted by atomic mass is 10.2. The SMILES string of the molecule is CC(C(N)=O)n1c(=S)[nH]c2c(C#N)cccc21. The quantitative estimate of drug-likeness (QED) is 0.789. The van der Waals surface area contributed by atoms with Crippen LogP contribution in [0.2, 0.25) is 0 Å². The van der Waals surface area contributed by atoms with Crippen molar-refractivity contribution in [1.82, 2.24) is 9.55 Å². The third kappa shape index (κ3) is 1.70. The van der Waals surface area contributed by atoms with Crippen molar-refractivity contribution in [3.8, 4) is 6.07 Å². The Kier molecular flexibility index (Phi) is 2.69. The average molecular weight is 246 g/mol. The summed E-state index contributed by atoms with van der Waals surface area (Å²) in [5, 5.41) is 8.98. The second-order valence-electron chi connectivity index (χ2n) is 3.69. The summed E-state index contributed by atoms with van der Waals surface area (Å²) in [6.45, 7) is 1.67. The number of nitriles is 1. The third-order valence-electron chi connectivity index (χ3n) is 2.67. The van der Waals surface area contributed by atoms with Gasteiger partial charge in [0.1, 0.15) is 12.1 Å². The van der Waals surface area contributed by atoms with Crippen molar-refractivity contribution < 1.29 is 4.79 Å². The first kappa shape index (κ1) is 11.4. The minimum absolute atomic E-state index is 0.383. The van der Waals surface area contributed by atoms with E-state index in [9.17, 15) is 4.79 Å². The fourth-order valence-corrected chi connectivity index (χ4v) is 2.11. The molecule has 0 aliphatic carbocycles. The average Bonchev–Trinajstić information content (AvgIpc) is 2.63. The van der Waals surface area contributed by atoms with E-state index in [1.54, 1.807) is 29.7 Å². The number of hydrogen-bond donors (Lipinski definition) is 2. The van der Waals surface area contributed by atoms with Crippen molar-refractivity contribution >= 4 is 29.2 Å². The van der Waals surface area contributed by atoms with E-state index in [4.69, 9.17) is 23.2 Å². The fourth-order valence-electron chi connectivity index (χ4n) is 1.75. The Morgan fingerprint density at radius 1 is 1.65 bits per heavy atom. The van der Waals surface area contributed by atoms with Crippen LogP contribution >= 0.6 is 12.2 Å². The molecule has 0 radical (unpaired) electrons. The van der Waals surface area contributed by atoms with Gasteiger partial charge < -0.3 is 15.3 Å². The molecule has 1 unspecified atom stereocenters. The Morgan fingerprint density at radius 3 is 2.94 bits per heavy atom. The molecule has 2 rings (SSSR count). The van der Waals surface area contributed by atoms with Gasteiger partial charge in [-0.2, -0.15) is 5.26 Å². The largest absolute Gasteiger partial charge is 0.368 e. The van der Waals surface area contributed by atoms with E-state index in [0.717, 1.165) is 0 Å². The molecule has 1 heterocycles. The first-order chi connectivity index (χ1) is 8.06. The second kappa shape index (κ2) is 4.03. The first-order valence-electron chi connectivity index (χ1n) is 4.99. The zero-order chi connectivity index (χ0) is 12.6. The van der Waals surface area contributed by atoms with Gasteiger partial charge in [-0.05, 0) is 31.3 Å². The van der Waals surface area contributed by atoms with Gasteiger partial charge in [0.2, 0.25) is 5.91 Å². The number of nitrogens with one attached hydrogen (secondary N) is 1. The van der Waals surface area contributed by atoms with Crippen molar-refractivity contribution in [2.75, 3.05) is 0 Å². The summed E-state index contributed by atoms with van der Waals surface area (Å²) < 4.78 is 2.00. The fraction of sp³-hybridized carbons (Fsp3) is 0.182. The number of hydrogen-bond acceptors (Lipinski definition) is 3. The molecule has 1 aromatic carbocycles. The highest BCUT2D eigenvalue weighted by Gasteiger charge is 2.16. The maximum Gasteiger partial charge on any atom is 0.240 e. The van der Waals surface area contributed by atoms with E-state index in [1.807, 2.05) is 0 Å². The summed E-state index contributed by atoms with van der Waals surface area (Å²) in [6.07, 6.45) is 0. The third-order valence-corrected chi connectivity index (χ3v) is 2.97. The molecule has 2 aromatic rings. The molecule has 3 N–H and O–H groups in total. The Hall–Kier alpha value is -2.13. The molecule has 1 atom stereocenters. The van der Waals surface area contributed by atoms with Gasteiger partial charge in [0.15, 0.2) is 4.77 Å². The molecule has 1 aromatic heterocycles. The van der Waals surface area contributed by atoms with E-state index in [1.165, 1.54) is 0 Å². The molecule has 0 fully saturated rings. The van der Waals surface area contributed by atoms with Gasteiger partial charge in [-0.3, -0.25) is 4.79 Å². The highest BCUT2D eigenvalue weighted by molar-refractivity contribution is 7.71. The van der Waals surface area contributed by atoms with Crippen LogP contribution in [0.15, 0.2) is 18.2 Å². The predicted molar refractivity (Wildman–Crippen MR) is 65.7 cm³/mol. The van der Waals surface area contributed by atoms with Crippen molar-refractivity contribution in [2.45, 2.75) is 13.0 Å². The van der Waals surface area contributed by atoms with Gasteiger partial charge in [-0.15, -0.1) is 0 Å². The predicted octanol–water partition coefficient (Wildman–Crippen LogP) is 1.62. The number of carbonyl (C=O) groups excluding carboxylic acids is 1. The molecule has 0 bridgehead atoms. The van der Waals surface area contributed by atoms with Gasteiger partial charge in [0.25, 0.3) is 0 Å². The van der Waals surface area contributed by atoms with E-state index >= 15 is 0 Å². The van der Waals surface area contributed by atoms with Crippen LogP contribution < -0.4 is 5.73 Å². The molecule has 17 heavy (non-hydrogen) atoms. The topological polar surface area (TPSA) is 87.6 Å². The van der Waals surface area contributed by atoms with E-state index in [0.29, 0.717) is 21.4 Å². The Labute approximate surface area is 102 Å². The van der Waals surface area contributed by atoms with E-state index in [2.05, 4.69) is 11.1 Å². The molecule has 0 spiro atoms. The molecule has 0 aliphatic rings. The summed E-state index contributed by atoms with van der Waals surface area (Å²) in [5.41, 5.74) is 7.10. The first-order valence-corrected chi connectivity index (χ1v) is 5.39. The van der Waals surface area contributed by atoms with Crippen molar-refractivity contribution in [3.05, 3.63) is 28.5 Å². The normalized spacial score (nSPS) is 12.2. The number of H-pyrrole nitrogens is 1. The number of rotatable bonds is 2. The van der Waals surface area contributed by atoms with Gasteiger partial charge >= 0.3 is 0 Å². The number of aromatic amines is 1. The Morgan fingerprint density at radius 2 is 2.35 bits per heavy atom. The van der Waals surface area contributed by atoms with Crippen LogP contribution in [0, 0.1) is 16.1 Å². The Bertz CT molecular complexity index is 692. The maximum absolute atomic E-state index is 11.2.